The van der Waals surface area contributed by atoms with Crippen LogP contribution in [-0.2, 0) is 13.6 Å². The number of aromatic nitrogens is 2. The number of aryl methyl sites for hydroxylation is 1. The molecule has 0 spiro atoms. The molecule has 0 aliphatic rings. The normalized spacial score (nSPS) is 14.1. The Morgan fingerprint density at radius 1 is 1.80 bits per heavy atom. The van der Waals surface area contributed by atoms with E-state index in [-0.39, 0.29) is 11.8 Å². The summed E-state index contributed by atoms with van der Waals surface area (Å²) in [7, 11) is 1.94. The van der Waals surface area contributed by atoms with Crippen molar-refractivity contribution in [3.8, 4) is 0 Å². The Labute approximate surface area is 88.8 Å². The standard InChI is InChI=1S/C9H17N5O/c1-7(9(10)13-15)5-11-6-8-12-3-4-14(8)2/h3-4,7,11,15H,5-6H2,1-2H3,(H2,10,13). The lowest BCUT2D eigenvalue weighted by atomic mass is 10.1. The van der Waals surface area contributed by atoms with Crippen molar-refractivity contribution in [2.75, 3.05) is 6.54 Å². The third-order valence-corrected chi connectivity index (χ3v) is 2.27. The highest BCUT2D eigenvalue weighted by atomic mass is 16.4. The molecule has 84 valence electrons. The number of oxime groups is 1. The van der Waals surface area contributed by atoms with Crippen LogP contribution in [0, 0.1) is 5.92 Å². The second-order valence-corrected chi connectivity index (χ2v) is 3.51. The Morgan fingerprint density at radius 2 is 2.53 bits per heavy atom. The zero-order valence-corrected chi connectivity index (χ0v) is 9.01. The van der Waals surface area contributed by atoms with Gasteiger partial charge >= 0.3 is 0 Å². The summed E-state index contributed by atoms with van der Waals surface area (Å²) in [4.78, 5) is 4.17. The summed E-state index contributed by atoms with van der Waals surface area (Å²) in [6.45, 7) is 3.22. The van der Waals surface area contributed by atoms with Gasteiger partial charge in [-0.2, -0.15) is 0 Å². The van der Waals surface area contributed by atoms with E-state index in [1.807, 2.05) is 24.7 Å². The lowest BCUT2D eigenvalue weighted by Crippen LogP contribution is -2.31. The highest BCUT2D eigenvalue weighted by Gasteiger charge is 2.07. The van der Waals surface area contributed by atoms with E-state index in [9.17, 15) is 0 Å². The summed E-state index contributed by atoms with van der Waals surface area (Å²) in [5.41, 5.74) is 5.45. The number of imidazole rings is 1. The molecule has 0 aromatic carbocycles. The fourth-order valence-electron chi connectivity index (χ4n) is 1.17. The maximum absolute atomic E-state index is 8.45. The lowest BCUT2D eigenvalue weighted by Gasteiger charge is -2.10. The molecule has 4 N–H and O–H groups in total. The number of nitrogens with one attached hydrogen (secondary N) is 1. The van der Waals surface area contributed by atoms with Gasteiger partial charge in [0.05, 0.1) is 6.54 Å². The molecule has 0 saturated heterocycles. The SMILES string of the molecule is CC(CNCc1nccn1C)C(N)=NO. The zero-order chi connectivity index (χ0) is 11.3. The molecule has 0 radical (unpaired) electrons. The van der Waals surface area contributed by atoms with Crippen LogP contribution in [0.5, 0.6) is 0 Å². The highest BCUT2D eigenvalue weighted by molar-refractivity contribution is 5.82. The van der Waals surface area contributed by atoms with Gasteiger partial charge in [-0.05, 0) is 0 Å². The summed E-state index contributed by atoms with van der Waals surface area (Å²) in [5, 5.41) is 14.6. The van der Waals surface area contributed by atoms with Gasteiger partial charge in [0.15, 0.2) is 0 Å². The van der Waals surface area contributed by atoms with Crippen molar-refractivity contribution in [2.45, 2.75) is 13.5 Å². The summed E-state index contributed by atoms with van der Waals surface area (Å²) in [6, 6.07) is 0. The van der Waals surface area contributed by atoms with Crippen LogP contribution >= 0.6 is 0 Å². The van der Waals surface area contributed by atoms with Gasteiger partial charge in [-0.3, -0.25) is 0 Å². The monoisotopic (exact) mass is 211 g/mol. The Kier molecular flexibility index (Phi) is 4.11. The van der Waals surface area contributed by atoms with E-state index < -0.39 is 0 Å². The van der Waals surface area contributed by atoms with Crippen molar-refractivity contribution >= 4 is 5.84 Å². The van der Waals surface area contributed by atoms with Gasteiger partial charge in [-0.25, -0.2) is 4.98 Å². The Bertz CT molecular complexity index is 333. The highest BCUT2D eigenvalue weighted by Crippen LogP contribution is 1.96. The maximum atomic E-state index is 8.45. The first-order valence-corrected chi connectivity index (χ1v) is 4.79. The lowest BCUT2D eigenvalue weighted by molar-refractivity contribution is 0.314. The van der Waals surface area contributed by atoms with Crippen molar-refractivity contribution in [3.63, 3.8) is 0 Å². The van der Waals surface area contributed by atoms with Crippen LogP contribution < -0.4 is 11.1 Å². The molecule has 0 bridgehead atoms. The molecule has 0 fully saturated rings. The van der Waals surface area contributed by atoms with E-state index in [1.54, 1.807) is 6.20 Å². The van der Waals surface area contributed by atoms with E-state index in [0.29, 0.717) is 13.1 Å². The molecule has 1 aromatic heterocycles. The van der Waals surface area contributed by atoms with E-state index in [0.717, 1.165) is 5.82 Å². The topological polar surface area (TPSA) is 88.5 Å². The molecule has 6 heteroatoms. The van der Waals surface area contributed by atoms with Crippen molar-refractivity contribution in [2.24, 2.45) is 23.9 Å². The van der Waals surface area contributed by atoms with Gasteiger partial charge in [0, 0.05) is 31.9 Å². The van der Waals surface area contributed by atoms with Crippen LogP contribution in [0.4, 0.5) is 0 Å². The van der Waals surface area contributed by atoms with Gasteiger partial charge in [-0.15, -0.1) is 0 Å². The second kappa shape index (κ2) is 5.35. The molecule has 1 atom stereocenters. The molecule has 0 aliphatic heterocycles. The second-order valence-electron chi connectivity index (χ2n) is 3.51. The number of rotatable bonds is 5. The predicted octanol–water partition coefficient (Wildman–Crippen LogP) is -0.108. The van der Waals surface area contributed by atoms with Crippen molar-refractivity contribution in [3.05, 3.63) is 18.2 Å². The molecule has 15 heavy (non-hydrogen) atoms. The summed E-state index contributed by atoms with van der Waals surface area (Å²) >= 11 is 0. The van der Waals surface area contributed by atoms with Gasteiger partial charge in [0.2, 0.25) is 0 Å². The van der Waals surface area contributed by atoms with Crippen LogP contribution in [0.3, 0.4) is 0 Å². The smallest absolute Gasteiger partial charge is 0.143 e. The minimum atomic E-state index is 0.00951. The Hall–Kier alpha value is -1.56. The minimum absolute atomic E-state index is 0.00951. The number of hydrogen-bond acceptors (Lipinski definition) is 4. The van der Waals surface area contributed by atoms with Crippen LogP contribution in [0.1, 0.15) is 12.7 Å². The van der Waals surface area contributed by atoms with E-state index in [1.165, 1.54) is 0 Å². The molecule has 0 saturated carbocycles. The number of nitrogens with two attached hydrogens (primary N) is 1. The quantitative estimate of drug-likeness (QED) is 0.274. The predicted molar refractivity (Wildman–Crippen MR) is 57.5 cm³/mol. The molecule has 1 unspecified atom stereocenters. The van der Waals surface area contributed by atoms with E-state index in [2.05, 4.69) is 15.5 Å². The molecule has 1 heterocycles. The first kappa shape index (κ1) is 11.5. The third-order valence-electron chi connectivity index (χ3n) is 2.27. The van der Waals surface area contributed by atoms with E-state index in [4.69, 9.17) is 10.9 Å². The fraction of sp³-hybridized carbons (Fsp3) is 0.556. The first-order chi connectivity index (χ1) is 7.15. The Morgan fingerprint density at radius 3 is 3.07 bits per heavy atom. The molecule has 0 amide bonds. The van der Waals surface area contributed by atoms with E-state index >= 15 is 0 Å². The number of amidine groups is 1. The van der Waals surface area contributed by atoms with Crippen LogP contribution in [0.2, 0.25) is 0 Å². The molecule has 1 aromatic rings. The van der Waals surface area contributed by atoms with Gasteiger partial charge < -0.3 is 20.8 Å². The van der Waals surface area contributed by atoms with Crippen molar-refractivity contribution in [1.29, 1.82) is 0 Å². The summed E-state index contributed by atoms with van der Waals surface area (Å²) in [5.74, 6) is 1.21. The molecular weight excluding hydrogens is 194 g/mol. The van der Waals surface area contributed by atoms with Crippen LogP contribution in [-0.4, -0.2) is 27.1 Å². The van der Waals surface area contributed by atoms with Crippen molar-refractivity contribution < 1.29 is 5.21 Å². The van der Waals surface area contributed by atoms with Crippen LogP contribution in [0.25, 0.3) is 0 Å². The van der Waals surface area contributed by atoms with Crippen molar-refractivity contribution in [1.82, 2.24) is 14.9 Å². The molecular formula is C9H17N5O. The van der Waals surface area contributed by atoms with Gasteiger partial charge in [0.1, 0.15) is 11.7 Å². The van der Waals surface area contributed by atoms with Gasteiger partial charge in [0.25, 0.3) is 0 Å². The maximum Gasteiger partial charge on any atom is 0.143 e. The largest absolute Gasteiger partial charge is 0.409 e. The third kappa shape index (κ3) is 3.25. The summed E-state index contributed by atoms with van der Waals surface area (Å²) < 4.78 is 1.95. The zero-order valence-electron chi connectivity index (χ0n) is 9.01. The fourth-order valence-corrected chi connectivity index (χ4v) is 1.17. The average Bonchev–Trinajstić information content (AvgIpc) is 2.63. The molecule has 0 aliphatic carbocycles. The average molecular weight is 211 g/mol. The first-order valence-electron chi connectivity index (χ1n) is 4.79. The number of hydrogen-bond donors (Lipinski definition) is 3. The van der Waals surface area contributed by atoms with Crippen LogP contribution in [0.15, 0.2) is 17.5 Å². The number of nitrogens with zero attached hydrogens (tertiary/aromatic N) is 3. The summed E-state index contributed by atoms with van der Waals surface area (Å²) in [6.07, 6.45) is 3.65. The molecule has 1 rings (SSSR count). The molecule has 6 nitrogen and oxygen atoms in total. The Balaban J connectivity index is 2.31. The minimum Gasteiger partial charge on any atom is -0.409 e. The van der Waals surface area contributed by atoms with Gasteiger partial charge in [-0.1, -0.05) is 12.1 Å².